The Labute approximate surface area is 80.8 Å². The van der Waals surface area contributed by atoms with Crippen LogP contribution in [0.2, 0.25) is 0 Å². The lowest BCUT2D eigenvalue weighted by atomic mass is 9.81. The molecule has 0 amide bonds. The summed E-state index contributed by atoms with van der Waals surface area (Å²) in [5, 5.41) is 10.2. The van der Waals surface area contributed by atoms with Crippen LogP contribution < -0.4 is 0 Å². The Bertz CT molecular complexity index is 205. The smallest absolute Gasteiger partial charge is 0.0856 e. The van der Waals surface area contributed by atoms with Crippen LogP contribution in [0.1, 0.15) is 45.4 Å². The van der Waals surface area contributed by atoms with Crippen LogP contribution in [-0.4, -0.2) is 10.7 Å². The number of allylic oxidation sites excluding steroid dienone is 1. The van der Waals surface area contributed by atoms with E-state index in [4.69, 9.17) is 0 Å². The Balaban J connectivity index is 1.94. The van der Waals surface area contributed by atoms with Crippen LogP contribution in [0, 0.1) is 11.8 Å². The minimum Gasteiger partial charge on any atom is -0.386 e. The van der Waals surface area contributed by atoms with Crippen molar-refractivity contribution in [2.24, 2.45) is 11.8 Å². The van der Waals surface area contributed by atoms with Crippen molar-refractivity contribution in [2.75, 3.05) is 0 Å². The second-order valence-corrected chi connectivity index (χ2v) is 4.71. The SMILES string of the molecule is CCCC1C=CC(O)(C2CC2)CC1. The van der Waals surface area contributed by atoms with E-state index in [1.807, 2.05) is 0 Å². The van der Waals surface area contributed by atoms with Crippen molar-refractivity contribution in [3.05, 3.63) is 12.2 Å². The van der Waals surface area contributed by atoms with Gasteiger partial charge in [0.15, 0.2) is 0 Å². The predicted molar refractivity (Wildman–Crippen MR) is 54.4 cm³/mol. The highest BCUT2D eigenvalue weighted by Crippen LogP contribution is 2.45. The summed E-state index contributed by atoms with van der Waals surface area (Å²) in [6.45, 7) is 2.23. The van der Waals surface area contributed by atoms with Gasteiger partial charge in [0.2, 0.25) is 0 Å². The molecule has 1 N–H and O–H groups in total. The Morgan fingerprint density at radius 2 is 2.15 bits per heavy atom. The molecular formula is C12H20O. The Kier molecular flexibility index (Phi) is 2.46. The summed E-state index contributed by atoms with van der Waals surface area (Å²) in [4.78, 5) is 0. The molecule has 74 valence electrons. The van der Waals surface area contributed by atoms with E-state index >= 15 is 0 Å². The Hall–Kier alpha value is -0.300. The first-order valence-electron chi connectivity index (χ1n) is 5.66. The lowest BCUT2D eigenvalue weighted by molar-refractivity contribution is 0.0459. The molecule has 0 aromatic rings. The van der Waals surface area contributed by atoms with E-state index in [9.17, 15) is 5.11 Å². The first kappa shape index (κ1) is 9.26. The lowest BCUT2D eigenvalue weighted by Gasteiger charge is -2.31. The average Bonchev–Trinajstić information content (AvgIpc) is 2.92. The molecule has 2 atom stereocenters. The van der Waals surface area contributed by atoms with Crippen LogP contribution in [0.15, 0.2) is 12.2 Å². The van der Waals surface area contributed by atoms with Crippen molar-refractivity contribution in [1.29, 1.82) is 0 Å². The van der Waals surface area contributed by atoms with Gasteiger partial charge in [0.25, 0.3) is 0 Å². The second kappa shape index (κ2) is 3.45. The molecule has 2 aliphatic rings. The molecule has 13 heavy (non-hydrogen) atoms. The minimum atomic E-state index is -0.412. The summed E-state index contributed by atoms with van der Waals surface area (Å²) < 4.78 is 0. The second-order valence-electron chi connectivity index (χ2n) is 4.71. The van der Waals surface area contributed by atoms with Crippen molar-refractivity contribution in [2.45, 2.75) is 51.0 Å². The molecule has 2 unspecified atom stereocenters. The highest BCUT2D eigenvalue weighted by molar-refractivity contribution is 5.13. The quantitative estimate of drug-likeness (QED) is 0.662. The van der Waals surface area contributed by atoms with E-state index in [1.54, 1.807) is 0 Å². The van der Waals surface area contributed by atoms with E-state index in [2.05, 4.69) is 19.1 Å². The number of hydrogen-bond acceptors (Lipinski definition) is 1. The maximum atomic E-state index is 10.2. The normalized spacial score (nSPS) is 39.4. The highest BCUT2D eigenvalue weighted by atomic mass is 16.3. The number of aliphatic hydroxyl groups is 1. The van der Waals surface area contributed by atoms with Crippen molar-refractivity contribution in [3.63, 3.8) is 0 Å². The van der Waals surface area contributed by atoms with Crippen molar-refractivity contribution >= 4 is 0 Å². The Morgan fingerprint density at radius 3 is 2.62 bits per heavy atom. The summed E-state index contributed by atoms with van der Waals surface area (Å²) in [5.41, 5.74) is -0.412. The zero-order valence-electron chi connectivity index (χ0n) is 8.50. The van der Waals surface area contributed by atoms with Gasteiger partial charge in [0.05, 0.1) is 5.60 Å². The number of rotatable bonds is 3. The van der Waals surface area contributed by atoms with E-state index in [0.29, 0.717) is 5.92 Å². The van der Waals surface area contributed by atoms with Crippen LogP contribution >= 0.6 is 0 Å². The topological polar surface area (TPSA) is 20.2 Å². The van der Waals surface area contributed by atoms with Gasteiger partial charge in [-0.05, 0) is 43.9 Å². The van der Waals surface area contributed by atoms with Crippen LogP contribution in [0.25, 0.3) is 0 Å². The van der Waals surface area contributed by atoms with E-state index in [0.717, 1.165) is 12.3 Å². The summed E-state index contributed by atoms with van der Waals surface area (Å²) in [5.74, 6) is 1.33. The molecule has 0 aliphatic heterocycles. The number of hydrogen-bond donors (Lipinski definition) is 1. The standard InChI is InChI=1S/C12H20O/c1-2-3-10-6-8-12(13,9-7-10)11-4-5-11/h6,8,10-11,13H,2-5,7,9H2,1H3. The first-order valence-corrected chi connectivity index (χ1v) is 5.66. The Morgan fingerprint density at radius 1 is 1.38 bits per heavy atom. The monoisotopic (exact) mass is 180 g/mol. The van der Waals surface area contributed by atoms with E-state index in [-0.39, 0.29) is 0 Å². The van der Waals surface area contributed by atoms with Crippen molar-refractivity contribution in [3.8, 4) is 0 Å². The van der Waals surface area contributed by atoms with E-state index in [1.165, 1.54) is 32.1 Å². The molecule has 1 heteroatoms. The molecule has 0 aromatic heterocycles. The highest BCUT2D eigenvalue weighted by Gasteiger charge is 2.42. The molecule has 2 rings (SSSR count). The molecule has 0 radical (unpaired) electrons. The fourth-order valence-electron chi connectivity index (χ4n) is 2.43. The molecule has 0 saturated heterocycles. The zero-order chi connectivity index (χ0) is 9.31. The predicted octanol–water partition coefficient (Wildman–Crippen LogP) is 2.89. The largest absolute Gasteiger partial charge is 0.386 e. The molecule has 1 nitrogen and oxygen atoms in total. The van der Waals surface area contributed by atoms with Crippen LogP contribution in [0.4, 0.5) is 0 Å². The molecule has 2 aliphatic carbocycles. The van der Waals surface area contributed by atoms with Gasteiger partial charge in [-0.25, -0.2) is 0 Å². The third kappa shape index (κ3) is 1.96. The zero-order valence-corrected chi connectivity index (χ0v) is 8.50. The van der Waals surface area contributed by atoms with Gasteiger partial charge in [-0.15, -0.1) is 0 Å². The minimum absolute atomic E-state index is 0.412. The van der Waals surface area contributed by atoms with Gasteiger partial charge in [-0.1, -0.05) is 25.5 Å². The average molecular weight is 180 g/mol. The van der Waals surface area contributed by atoms with Crippen molar-refractivity contribution < 1.29 is 5.11 Å². The van der Waals surface area contributed by atoms with Crippen molar-refractivity contribution in [1.82, 2.24) is 0 Å². The molecule has 0 heterocycles. The maximum Gasteiger partial charge on any atom is 0.0856 e. The molecule has 1 saturated carbocycles. The molecule has 0 bridgehead atoms. The van der Waals surface area contributed by atoms with Gasteiger partial charge in [-0.2, -0.15) is 0 Å². The molecule has 1 fully saturated rings. The third-order valence-electron chi connectivity index (χ3n) is 3.52. The molecule has 0 spiro atoms. The van der Waals surface area contributed by atoms with Gasteiger partial charge in [0, 0.05) is 0 Å². The fourth-order valence-corrected chi connectivity index (χ4v) is 2.43. The van der Waals surface area contributed by atoms with Gasteiger partial charge < -0.3 is 5.11 Å². The summed E-state index contributed by atoms with van der Waals surface area (Å²) >= 11 is 0. The first-order chi connectivity index (χ1) is 6.24. The maximum absolute atomic E-state index is 10.2. The summed E-state index contributed by atoms with van der Waals surface area (Å²) in [6.07, 6.45) is 11.6. The summed E-state index contributed by atoms with van der Waals surface area (Å²) in [6, 6.07) is 0. The van der Waals surface area contributed by atoms with E-state index < -0.39 is 5.60 Å². The van der Waals surface area contributed by atoms with Crippen LogP contribution in [-0.2, 0) is 0 Å². The van der Waals surface area contributed by atoms with Gasteiger partial charge in [0.1, 0.15) is 0 Å². The third-order valence-corrected chi connectivity index (χ3v) is 3.52. The fraction of sp³-hybridized carbons (Fsp3) is 0.833. The lowest BCUT2D eigenvalue weighted by Crippen LogP contribution is -2.32. The van der Waals surface area contributed by atoms with Crippen LogP contribution in [0.3, 0.4) is 0 Å². The summed E-state index contributed by atoms with van der Waals surface area (Å²) in [7, 11) is 0. The van der Waals surface area contributed by atoms with Gasteiger partial charge in [-0.3, -0.25) is 0 Å². The molecule has 0 aromatic carbocycles. The van der Waals surface area contributed by atoms with Gasteiger partial charge >= 0.3 is 0 Å². The molecular weight excluding hydrogens is 160 g/mol. The van der Waals surface area contributed by atoms with Crippen LogP contribution in [0.5, 0.6) is 0 Å².